The highest BCUT2D eigenvalue weighted by molar-refractivity contribution is 7.80. The van der Waals surface area contributed by atoms with Crippen molar-refractivity contribution in [3.05, 3.63) is 0 Å². The third kappa shape index (κ3) is 4.88. The molecule has 82 valence electrons. The fraction of sp³-hybridized carbons (Fsp3) is 0.900. The van der Waals surface area contributed by atoms with E-state index in [-0.39, 0.29) is 0 Å². The minimum atomic E-state index is 0.608. The van der Waals surface area contributed by atoms with E-state index in [1.165, 1.54) is 12.8 Å². The molecule has 1 aliphatic rings. The van der Waals surface area contributed by atoms with Crippen LogP contribution < -0.4 is 5.73 Å². The lowest BCUT2D eigenvalue weighted by molar-refractivity contribution is 0.0424. The summed E-state index contributed by atoms with van der Waals surface area (Å²) in [6, 6.07) is 0. The van der Waals surface area contributed by atoms with E-state index in [0.29, 0.717) is 10.9 Å². The van der Waals surface area contributed by atoms with Crippen LogP contribution in [0.15, 0.2) is 0 Å². The summed E-state index contributed by atoms with van der Waals surface area (Å²) in [6.07, 6.45) is 3.31. The molecular formula is C10H20N2OS. The van der Waals surface area contributed by atoms with Crippen LogP contribution in [0.1, 0.15) is 19.3 Å². The van der Waals surface area contributed by atoms with Gasteiger partial charge in [0.25, 0.3) is 0 Å². The van der Waals surface area contributed by atoms with Crippen LogP contribution in [0.2, 0.25) is 0 Å². The van der Waals surface area contributed by atoms with Gasteiger partial charge in [0.1, 0.15) is 0 Å². The molecule has 1 aliphatic heterocycles. The van der Waals surface area contributed by atoms with Gasteiger partial charge in [-0.2, -0.15) is 0 Å². The van der Waals surface area contributed by atoms with Crippen molar-refractivity contribution < 1.29 is 4.74 Å². The van der Waals surface area contributed by atoms with Gasteiger partial charge in [-0.1, -0.05) is 12.2 Å². The van der Waals surface area contributed by atoms with Gasteiger partial charge in [-0.3, -0.25) is 0 Å². The highest BCUT2D eigenvalue weighted by Gasteiger charge is 2.15. The molecule has 4 heteroatoms. The van der Waals surface area contributed by atoms with Crippen molar-refractivity contribution in [2.24, 2.45) is 11.7 Å². The molecule has 0 saturated carbocycles. The van der Waals surface area contributed by atoms with Crippen LogP contribution in [0.3, 0.4) is 0 Å². The Hall–Kier alpha value is -0.190. The van der Waals surface area contributed by atoms with Gasteiger partial charge in [-0.05, 0) is 25.8 Å². The van der Waals surface area contributed by atoms with Gasteiger partial charge < -0.3 is 15.4 Å². The van der Waals surface area contributed by atoms with Crippen molar-refractivity contribution in [2.75, 3.05) is 33.4 Å². The molecule has 1 rings (SSSR count). The maximum Gasteiger partial charge on any atom is 0.0740 e. The molecule has 2 N–H and O–H groups in total. The van der Waals surface area contributed by atoms with Crippen molar-refractivity contribution in [3.8, 4) is 0 Å². The molecule has 0 aliphatic carbocycles. The molecule has 1 unspecified atom stereocenters. The third-order valence-corrected chi connectivity index (χ3v) is 2.77. The van der Waals surface area contributed by atoms with Gasteiger partial charge in [0, 0.05) is 26.1 Å². The monoisotopic (exact) mass is 216 g/mol. The molecule has 14 heavy (non-hydrogen) atoms. The molecule has 0 amide bonds. The minimum absolute atomic E-state index is 0.608. The highest BCUT2D eigenvalue weighted by atomic mass is 32.1. The summed E-state index contributed by atoms with van der Waals surface area (Å²) in [7, 11) is 2.12. The van der Waals surface area contributed by atoms with E-state index in [2.05, 4.69) is 11.9 Å². The molecule has 0 bridgehead atoms. The van der Waals surface area contributed by atoms with Crippen LogP contribution >= 0.6 is 12.2 Å². The molecule has 0 radical (unpaired) electrons. The van der Waals surface area contributed by atoms with Crippen LogP contribution in [0.4, 0.5) is 0 Å². The summed E-state index contributed by atoms with van der Waals surface area (Å²) < 4.78 is 5.43. The number of hydrogen-bond acceptors (Lipinski definition) is 3. The van der Waals surface area contributed by atoms with Crippen molar-refractivity contribution in [1.82, 2.24) is 4.90 Å². The summed E-state index contributed by atoms with van der Waals surface area (Å²) >= 11 is 4.84. The lowest BCUT2D eigenvalue weighted by Gasteiger charge is -2.26. The molecule has 0 aromatic heterocycles. The highest BCUT2D eigenvalue weighted by Crippen LogP contribution is 2.14. The molecule has 0 aromatic carbocycles. The number of ether oxygens (including phenoxy) is 1. The Labute approximate surface area is 91.6 Å². The zero-order valence-corrected chi connectivity index (χ0v) is 9.68. The lowest BCUT2D eigenvalue weighted by atomic mass is 10.0. The number of hydrogen-bond donors (Lipinski definition) is 1. The summed E-state index contributed by atoms with van der Waals surface area (Å²) in [5, 5.41) is 0. The van der Waals surface area contributed by atoms with Gasteiger partial charge >= 0.3 is 0 Å². The smallest absolute Gasteiger partial charge is 0.0740 e. The first kappa shape index (κ1) is 11.9. The second-order valence-corrected chi connectivity index (χ2v) is 4.59. The first-order valence-corrected chi connectivity index (χ1v) is 5.64. The topological polar surface area (TPSA) is 38.5 Å². The normalized spacial score (nSPS) is 22.6. The van der Waals surface area contributed by atoms with Crippen LogP contribution in [0.5, 0.6) is 0 Å². The van der Waals surface area contributed by atoms with Crippen molar-refractivity contribution in [2.45, 2.75) is 19.3 Å². The van der Waals surface area contributed by atoms with E-state index >= 15 is 0 Å². The fourth-order valence-electron chi connectivity index (χ4n) is 1.78. The Morgan fingerprint density at radius 3 is 3.00 bits per heavy atom. The maximum absolute atomic E-state index is 5.45. The van der Waals surface area contributed by atoms with Gasteiger partial charge in [-0.25, -0.2) is 0 Å². The van der Waals surface area contributed by atoms with E-state index < -0.39 is 0 Å². The Morgan fingerprint density at radius 2 is 2.43 bits per heavy atom. The average molecular weight is 216 g/mol. The molecule has 1 fully saturated rings. The predicted molar refractivity (Wildman–Crippen MR) is 62.4 cm³/mol. The maximum atomic E-state index is 5.45. The SMILES string of the molecule is CN(CCC(N)=S)CC1CCCOC1. The van der Waals surface area contributed by atoms with E-state index in [0.717, 1.165) is 32.7 Å². The van der Waals surface area contributed by atoms with Crippen molar-refractivity contribution in [3.63, 3.8) is 0 Å². The van der Waals surface area contributed by atoms with Gasteiger partial charge in [0.05, 0.1) is 11.6 Å². The summed E-state index contributed by atoms with van der Waals surface area (Å²) in [4.78, 5) is 2.90. The van der Waals surface area contributed by atoms with E-state index in [1.807, 2.05) is 0 Å². The van der Waals surface area contributed by atoms with E-state index in [4.69, 9.17) is 22.7 Å². The van der Waals surface area contributed by atoms with E-state index in [9.17, 15) is 0 Å². The Balaban J connectivity index is 2.11. The standard InChI is InChI=1S/C10H20N2OS/c1-12(5-4-10(11)14)7-9-3-2-6-13-8-9/h9H,2-8H2,1H3,(H2,11,14). The minimum Gasteiger partial charge on any atom is -0.393 e. The van der Waals surface area contributed by atoms with E-state index in [1.54, 1.807) is 0 Å². The Bertz CT molecular complexity index is 181. The first-order chi connectivity index (χ1) is 6.68. The molecule has 0 spiro atoms. The lowest BCUT2D eigenvalue weighted by Crippen LogP contribution is -2.32. The molecule has 3 nitrogen and oxygen atoms in total. The molecule has 1 atom stereocenters. The Kier molecular flexibility index (Phi) is 5.37. The average Bonchev–Trinajstić information content (AvgIpc) is 2.16. The molecule has 1 saturated heterocycles. The van der Waals surface area contributed by atoms with Crippen LogP contribution in [-0.4, -0.2) is 43.2 Å². The molecular weight excluding hydrogens is 196 g/mol. The van der Waals surface area contributed by atoms with Crippen molar-refractivity contribution in [1.29, 1.82) is 0 Å². The van der Waals surface area contributed by atoms with Gasteiger partial charge in [0.15, 0.2) is 0 Å². The molecule has 1 heterocycles. The first-order valence-electron chi connectivity index (χ1n) is 5.23. The summed E-state index contributed by atoms with van der Waals surface area (Å²) in [5.74, 6) is 0.695. The largest absolute Gasteiger partial charge is 0.393 e. The number of nitrogens with zero attached hydrogens (tertiary/aromatic N) is 1. The van der Waals surface area contributed by atoms with Gasteiger partial charge in [-0.15, -0.1) is 0 Å². The second-order valence-electron chi connectivity index (χ2n) is 4.06. The second kappa shape index (κ2) is 6.32. The van der Waals surface area contributed by atoms with Crippen LogP contribution in [0.25, 0.3) is 0 Å². The zero-order chi connectivity index (χ0) is 10.4. The van der Waals surface area contributed by atoms with Crippen molar-refractivity contribution >= 4 is 17.2 Å². The Morgan fingerprint density at radius 1 is 1.64 bits per heavy atom. The molecule has 0 aromatic rings. The number of thiocarbonyl (C=S) groups is 1. The number of rotatable bonds is 5. The zero-order valence-electron chi connectivity index (χ0n) is 8.87. The summed E-state index contributed by atoms with van der Waals surface area (Å²) in [5.41, 5.74) is 5.45. The van der Waals surface area contributed by atoms with Gasteiger partial charge in [0.2, 0.25) is 0 Å². The van der Waals surface area contributed by atoms with Crippen LogP contribution in [-0.2, 0) is 4.74 Å². The fourth-order valence-corrected chi connectivity index (χ4v) is 1.88. The summed E-state index contributed by atoms with van der Waals surface area (Å²) in [6.45, 7) is 3.92. The predicted octanol–water partition coefficient (Wildman–Crippen LogP) is 1.02. The number of nitrogens with two attached hydrogens (primary N) is 1. The van der Waals surface area contributed by atoms with Crippen LogP contribution in [0, 0.1) is 5.92 Å². The third-order valence-electron chi connectivity index (χ3n) is 2.56. The quantitative estimate of drug-likeness (QED) is 0.696.